The molecule has 0 fully saturated rings. The summed E-state index contributed by atoms with van der Waals surface area (Å²) in [5.41, 5.74) is 3.05. The van der Waals surface area contributed by atoms with Gasteiger partial charge in [0.2, 0.25) is 11.9 Å². The number of carbonyl (C=O) groups excluding carboxylic acids is 1. The summed E-state index contributed by atoms with van der Waals surface area (Å²) >= 11 is 0. The molecule has 1 aliphatic carbocycles. The van der Waals surface area contributed by atoms with Crippen LogP contribution in [0.4, 0.5) is 11.6 Å². The molecule has 0 bridgehead atoms. The third kappa shape index (κ3) is 2.72. The van der Waals surface area contributed by atoms with Crippen LogP contribution < -0.4 is 10.2 Å². The van der Waals surface area contributed by atoms with E-state index in [0.29, 0.717) is 11.6 Å². The molecule has 0 saturated heterocycles. The first-order valence-electron chi connectivity index (χ1n) is 7.03. The van der Waals surface area contributed by atoms with Crippen molar-refractivity contribution in [3.05, 3.63) is 47.8 Å². The van der Waals surface area contributed by atoms with Gasteiger partial charge in [-0.05, 0) is 24.0 Å². The molecular formula is C16H18N4O. The maximum Gasteiger partial charge on any atom is 0.232 e. The maximum atomic E-state index is 12.4. The van der Waals surface area contributed by atoms with Crippen molar-refractivity contribution in [2.24, 2.45) is 0 Å². The van der Waals surface area contributed by atoms with Crippen molar-refractivity contribution in [2.75, 3.05) is 24.3 Å². The predicted molar refractivity (Wildman–Crippen MR) is 82.5 cm³/mol. The van der Waals surface area contributed by atoms with Crippen LogP contribution in [0.5, 0.6) is 0 Å². The fraction of sp³-hybridized carbons (Fsp3) is 0.312. The van der Waals surface area contributed by atoms with E-state index in [-0.39, 0.29) is 11.8 Å². The van der Waals surface area contributed by atoms with Gasteiger partial charge in [0.25, 0.3) is 0 Å². The van der Waals surface area contributed by atoms with E-state index in [1.54, 1.807) is 12.4 Å². The molecule has 1 atom stereocenters. The SMILES string of the molecule is CN(C)c1ncc(NC(=O)C2CCc3ccccc32)cn1. The summed E-state index contributed by atoms with van der Waals surface area (Å²) in [5, 5.41) is 2.91. The van der Waals surface area contributed by atoms with Gasteiger partial charge in [-0.1, -0.05) is 24.3 Å². The molecule has 21 heavy (non-hydrogen) atoms. The molecule has 108 valence electrons. The Labute approximate surface area is 124 Å². The van der Waals surface area contributed by atoms with Crippen LogP contribution in [0.15, 0.2) is 36.7 Å². The fourth-order valence-electron chi connectivity index (χ4n) is 2.68. The van der Waals surface area contributed by atoms with Gasteiger partial charge in [-0.25, -0.2) is 9.97 Å². The normalized spacial score (nSPS) is 16.4. The number of hydrogen-bond donors (Lipinski definition) is 1. The van der Waals surface area contributed by atoms with Gasteiger partial charge in [0.1, 0.15) is 0 Å². The highest BCUT2D eigenvalue weighted by atomic mass is 16.1. The molecule has 0 saturated carbocycles. The Morgan fingerprint density at radius 1 is 1.24 bits per heavy atom. The summed E-state index contributed by atoms with van der Waals surface area (Å²) in [6, 6.07) is 8.14. The Morgan fingerprint density at radius 2 is 1.95 bits per heavy atom. The van der Waals surface area contributed by atoms with Gasteiger partial charge >= 0.3 is 0 Å². The van der Waals surface area contributed by atoms with Gasteiger partial charge in [-0.15, -0.1) is 0 Å². The Bertz CT molecular complexity index is 652. The van der Waals surface area contributed by atoms with Crippen LogP contribution in [0.1, 0.15) is 23.5 Å². The molecule has 3 rings (SSSR count). The third-order valence-electron chi connectivity index (χ3n) is 3.76. The van der Waals surface area contributed by atoms with Gasteiger partial charge in [-0.3, -0.25) is 4.79 Å². The van der Waals surface area contributed by atoms with E-state index in [9.17, 15) is 4.79 Å². The van der Waals surface area contributed by atoms with Gasteiger partial charge in [0, 0.05) is 14.1 Å². The summed E-state index contributed by atoms with van der Waals surface area (Å²) in [6.45, 7) is 0. The summed E-state index contributed by atoms with van der Waals surface area (Å²) in [6.07, 6.45) is 5.11. The number of aryl methyl sites for hydroxylation is 1. The summed E-state index contributed by atoms with van der Waals surface area (Å²) in [7, 11) is 3.76. The minimum absolute atomic E-state index is 0.0150. The van der Waals surface area contributed by atoms with Crippen LogP contribution in [0, 0.1) is 0 Å². The second kappa shape index (κ2) is 5.52. The zero-order valence-corrected chi connectivity index (χ0v) is 12.2. The molecule has 1 unspecified atom stereocenters. The summed E-state index contributed by atoms with van der Waals surface area (Å²) in [4.78, 5) is 22.6. The van der Waals surface area contributed by atoms with Crippen molar-refractivity contribution in [1.82, 2.24) is 9.97 Å². The van der Waals surface area contributed by atoms with E-state index >= 15 is 0 Å². The molecule has 1 N–H and O–H groups in total. The topological polar surface area (TPSA) is 58.1 Å². The van der Waals surface area contributed by atoms with Crippen molar-refractivity contribution >= 4 is 17.5 Å². The third-order valence-corrected chi connectivity index (χ3v) is 3.76. The number of anilines is 2. The molecule has 0 radical (unpaired) electrons. The molecule has 1 aromatic carbocycles. The minimum atomic E-state index is -0.0743. The zero-order valence-electron chi connectivity index (χ0n) is 12.2. The van der Waals surface area contributed by atoms with E-state index in [2.05, 4.69) is 21.4 Å². The zero-order chi connectivity index (χ0) is 14.8. The molecule has 2 aromatic rings. The molecule has 0 spiro atoms. The number of hydrogen-bond acceptors (Lipinski definition) is 4. The van der Waals surface area contributed by atoms with E-state index in [1.165, 1.54) is 5.56 Å². The van der Waals surface area contributed by atoms with Crippen molar-refractivity contribution in [3.63, 3.8) is 0 Å². The van der Waals surface area contributed by atoms with Gasteiger partial charge < -0.3 is 10.2 Å². The standard InChI is InChI=1S/C16H18N4O/c1-20(2)16-17-9-12(10-18-16)19-15(21)14-8-7-11-5-3-4-6-13(11)14/h3-6,9-10,14H,7-8H2,1-2H3,(H,19,21). The van der Waals surface area contributed by atoms with Crippen molar-refractivity contribution in [1.29, 1.82) is 0 Å². The lowest BCUT2D eigenvalue weighted by Gasteiger charge is -2.13. The molecule has 5 nitrogen and oxygen atoms in total. The van der Waals surface area contributed by atoms with Crippen LogP contribution in [0.25, 0.3) is 0 Å². The number of benzene rings is 1. The predicted octanol–water partition coefficient (Wildman–Crippen LogP) is 2.21. The summed E-state index contributed by atoms with van der Waals surface area (Å²) in [5.74, 6) is 0.565. The van der Waals surface area contributed by atoms with Crippen LogP contribution in [0.2, 0.25) is 0 Å². The van der Waals surface area contributed by atoms with Gasteiger partial charge in [0.05, 0.1) is 24.0 Å². The number of nitrogens with one attached hydrogen (secondary N) is 1. The van der Waals surface area contributed by atoms with Gasteiger partial charge in [0.15, 0.2) is 0 Å². The van der Waals surface area contributed by atoms with Crippen molar-refractivity contribution in [2.45, 2.75) is 18.8 Å². The highest BCUT2D eigenvalue weighted by Gasteiger charge is 2.28. The number of rotatable bonds is 3. The molecule has 1 aromatic heterocycles. The highest BCUT2D eigenvalue weighted by molar-refractivity contribution is 5.96. The number of fused-ring (bicyclic) bond motifs is 1. The minimum Gasteiger partial charge on any atom is -0.347 e. The lowest BCUT2D eigenvalue weighted by molar-refractivity contribution is -0.117. The molecule has 5 heteroatoms. The Morgan fingerprint density at radius 3 is 2.67 bits per heavy atom. The maximum absolute atomic E-state index is 12.4. The Hall–Kier alpha value is -2.43. The number of amides is 1. The molecular weight excluding hydrogens is 264 g/mol. The number of aromatic nitrogens is 2. The molecule has 1 amide bonds. The van der Waals surface area contributed by atoms with Crippen LogP contribution in [-0.4, -0.2) is 30.0 Å². The van der Waals surface area contributed by atoms with Crippen LogP contribution >= 0.6 is 0 Å². The van der Waals surface area contributed by atoms with Crippen molar-refractivity contribution in [3.8, 4) is 0 Å². The average molecular weight is 282 g/mol. The number of carbonyl (C=O) groups is 1. The van der Waals surface area contributed by atoms with E-state index in [4.69, 9.17) is 0 Å². The van der Waals surface area contributed by atoms with Crippen molar-refractivity contribution < 1.29 is 4.79 Å². The van der Waals surface area contributed by atoms with E-state index < -0.39 is 0 Å². The molecule has 1 aliphatic rings. The highest BCUT2D eigenvalue weighted by Crippen LogP contribution is 2.33. The van der Waals surface area contributed by atoms with E-state index in [1.807, 2.05) is 37.2 Å². The number of nitrogens with zero attached hydrogens (tertiary/aromatic N) is 3. The quantitative estimate of drug-likeness (QED) is 0.937. The van der Waals surface area contributed by atoms with Crippen LogP contribution in [-0.2, 0) is 11.2 Å². The van der Waals surface area contributed by atoms with E-state index in [0.717, 1.165) is 18.4 Å². The Balaban J connectivity index is 1.73. The first-order valence-corrected chi connectivity index (χ1v) is 7.03. The first-order chi connectivity index (χ1) is 10.1. The largest absolute Gasteiger partial charge is 0.347 e. The summed E-state index contributed by atoms with van der Waals surface area (Å²) < 4.78 is 0. The lowest BCUT2D eigenvalue weighted by atomic mass is 10.0. The monoisotopic (exact) mass is 282 g/mol. The second-order valence-electron chi connectivity index (χ2n) is 5.45. The molecule has 1 heterocycles. The molecule has 0 aliphatic heterocycles. The average Bonchev–Trinajstić information content (AvgIpc) is 2.92. The second-order valence-corrected chi connectivity index (χ2v) is 5.45. The lowest BCUT2D eigenvalue weighted by Crippen LogP contribution is -2.20. The van der Waals surface area contributed by atoms with Gasteiger partial charge in [-0.2, -0.15) is 0 Å². The first kappa shape index (κ1) is 13.5. The van der Waals surface area contributed by atoms with Crippen LogP contribution in [0.3, 0.4) is 0 Å². The fourth-order valence-corrected chi connectivity index (χ4v) is 2.68. The smallest absolute Gasteiger partial charge is 0.232 e. The Kier molecular flexibility index (Phi) is 3.56.